The number of benzene rings is 1. The Morgan fingerprint density at radius 1 is 0.943 bits per heavy atom. The fourth-order valence-corrected chi connectivity index (χ4v) is 4.34. The van der Waals surface area contributed by atoms with Crippen molar-refractivity contribution in [3.63, 3.8) is 0 Å². The van der Waals surface area contributed by atoms with E-state index in [9.17, 15) is 0 Å². The number of hydrogen-bond acceptors (Lipinski definition) is 8. The Labute approximate surface area is 205 Å². The highest BCUT2D eigenvalue weighted by molar-refractivity contribution is 5.88. The molecule has 0 bridgehead atoms. The van der Waals surface area contributed by atoms with Crippen molar-refractivity contribution >= 4 is 28.1 Å². The van der Waals surface area contributed by atoms with Gasteiger partial charge in [-0.2, -0.15) is 0 Å². The number of aryl methyl sites for hydroxylation is 1. The SMILES string of the molecule is Cc1cccc(/C(N)=C(\c2ccc3ncc(N4CCNCC4)cc3n2)N(N)Cc2ccccc2)n1. The Morgan fingerprint density at radius 2 is 1.74 bits per heavy atom. The summed E-state index contributed by atoms with van der Waals surface area (Å²) >= 11 is 0. The van der Waals surface area contributed by atoms with Gasteiger partial charge in [-0.05, 0) is 42.8 Å². The maximum Gasteiger partial charge on any atom is 0.103 e. The second kappa shape index (κ2) is 10.1. The first-order valence-corrected chi connectivity index (χ1v) is 11.8. The van der Waals surface area contributed by atoms with Gasteiger partial charge in [0.15, 0.2) is 0 Å². The van der Waals surface area contributed by atoms with E-state index in [1.165, 1.54) is 0 Å². The lowest BCUT2D eigenvalue weighted by atomic mass is 10.1. The van der Waals surface area contributed by atoms with E-state index in [-0.39, 0.29) is 0 Å². The molecule has 0 atom stereocenters. The molecular weight excluding hydrogens is 436 g/mol. The number of hydrazine groups is 1. The Kier molecular flexibility index (Phi) is 6.56. The van der Waals surface area contributed by atoms with Crippen LogP contribution in [0.15, 0.2) is 72.9 Å². The van der Waals surface area contributed by atoms with Crippen molar-refractivity contribution in [3.05, 3.63) is 95.6 Å². The quantitative estimate of drug-likeness (QED) is 0.294. The van der Waals surface area contributed by atoms with Crippen LogP contribution in [-0.4, -0.2) is 46.1 Å². The topological polar surface area (TPSA) is 109 Å². The summed E-state index contributed by atoms with van der Waals surface area (Å²) < 4.78 is 0. The highest BCUT2D eigenvalue weighted by Crippen LogP contribution is 2.27. The van der Waals surface area contributed by atoms with Crippen molar-refractivity contribution in [2.45, 2.75) is 13.5 Å². The van der Waals surface area contributed by atoms with Gasteiger partial charge in [-0.1, -0.05) is 36.4 Å². The van der Waals surface area contributed by atoms with Gasteiger partial charge in [-0.15, -0.1) is 0 Å². The summed E-state index contributed by atoms with van der Waals surface area (Å²) in [4.78, 5) is 16.6. The molecule has 1 aliphatic heterocycles. The van der Waals surface area contributed by atoms with Gasteiger partial charge in [-0.3, -0.25) is 9.97 Å². The van der Waals surface area contributed by atoms with Crippen LogP contribution in [0.2, 0.25) is 0 Å². The van der Waals surface area contributed by atoms with Crippen molar-refractivity contribution in [2.75, 3.05) is 31.1 Å². The van der Waals surface area contributed by atoms with Gasteiger partial charge >= 0.3 is 0 Å². The molecule has 1 aromatic carbocycles. The second-order valence-corrected chi connectivity index (χ2v) is 8.71. The second-order valence-electron chi connectivity index (χ2n) is 8.71. The number of hydrogen-bond donors (Lipinski definition) is 3. The van der Waals surface area contributed by atoms with E-state index < -0.39 is 0 Å². The Morgan fingerprint density at radius 3 is 2.51 bits per heavy atom. The first-order chi connectivity index (χ1) is 17.1. The summed E-state index contributed by atoms with van der Waals surface area (Å²) in [6, 6.07) is 21.8. The number of pyridine rings is 3. The zero-order valence-electron chi connectivity index (χ0n) is 19.9. The third-order valence-corrected chi connectivity index (χ3v) is 6.15. The number of piperazine rings is 1. The molecule has 1 fully saturated rings. The predicted molar refractivity (Wildman–Crippen MR) is 141 cm³/mol. The van der Waals surface area contributed by atoms with Crippen molar-refractivity contribution < 1.29 is 0 Å². The molecule has 178 valence electrons. The maximum atomic E-state index is 6.71. The van der Waals surface area contributed by atoms with Crippen LogP contribution in [0.4, 0.5) is 5.69 Å². The summed E-state index contributed by atoms with van der Waals surface area (Å²) in [5, 5.41) is 5.04. The number of nitrogens with two attached hydrogens (primary N) is 2. The normalized spacial score (nSPS) is 14.6. The molecule has 8 nitrogen and oxygen atoms in total. The number of nitrogens with zero attached hydrogens (tertiary/aromatic N) is 5. The van der Waals surface area contributed by atoms with Gasteiger partial charge in [0.1, 0.15) is 5.70 Å². The van der Waals surface area contributed by atoms with Gasteiger partial charge in [0.25, 0.3) is 0 Å². The van der Waals surface area contributed by atoms with Crippen LogP contribution in [0.5, 0.6) is 0 Å². The zero-order valence-corrected chi connectivity index (χ0v) is 19.9. The van der Waals surface area contributed by atoms with Gasteiger partial charge in [-0.25, -0.2) is 10.8 Å². The molecule has 1 saturated heterocycles. The monoisotopic (exact) mass is 466 g/mol. The molecule has 0 radical (unpaired) electrons. The van der Waals surface area contributed by atoms with Gasteiger partial charge in [0.05, 0.1) is 46.5 Å². The number of nitrogens with one attached hydrogen (secondary N) is 1. The van der Waals surface area contributed by atoms with Crippen molar-refractivity contribution in [1.29, 1.82) is 0 Å². The van der Waals surface area contributed by atoms with E-state index in [0.717, 1.165) is 54.2 Å². The third kappa shape index (κ3) is 5.08. The molecule has 35 heavy (non-hydrogen) atoms. The van der Waals surface area contributed by atoms with Crippen molar-refractivity contribution in [1.82, 2.24) is 25.3 Å². The van der Waals surface area contributed by atoms with Crippen molar-refractivity contribution in [3.8, 4) is 0 Å². The number of anilines is 1. The molecule has 4 heterocycles. The fourth-order valence-electron chi connectivity index (χ4n) is 4.34. The highest BCUT2D eigenvalue weighted by atomic mass is 15.4. The molecule has 8 heteroatoms. The zero-order chi connectivity index (χ0) is 24.2. The van der Waals surface area contributed by atoms with Crippen LogP contribution in [0.25, 0.3) is 22.4 Å². The minimum atomic E-state index is 0.474. The lowest BCUT2D eigenvalue weighted by Gasteiger charge is -2.29. The molecule has 3 aromatic heterocycles. The van der Waals surface area contributed by atoms with Crippen LogP contribution in [0.1, 0.15) is 22.6 Å². The molecule has 5 N–H and O–H groups in total. The summed E-state index contributed by atoms with van der Waals surface area (Å²) in [7, 11) is 0. The number of aromatic nitrogens is 3. The first-order valence-electron chi connectivity index (χ1n) is 11.8. The molecule has 4 aromatic rings. The van der Waals surface area contributed by atoms with E-state index in [2.05, 4.69) is 26.3 Å². The van der Waals surface area contributed by atoms with Crippen molar-refractivity contribution in [2.24, 2.45) is 11.6 Å². The van der Waals surface area contributed by atoms with Gasteiger partial charge in [0, 0.05) is 31.9 Å². The minimum Gasteiger partial charge on any atom is -0.395 e. The Bertz CT molecular complexity index is 1350. The summed E-state index contributed by atoms with van der Waals surface area (Å²) in [6.45, 7) is 6.22. The molecule has 5 rings (SSSR count). The van der Waals surface area contributed by atoms with Crippen LogP contribution in [0.3, 0.4) is 0 Å². The average Bonchev–Trinajstić information content (AvgIpc) is 2.89. The summed E-state index contributed by atoms with van der Waals surface area (Å²) in [5.74, 6) is 6.65. The summed E-state index contributed by atoms with van der Waals surface area (Å²) in [5.41, 5.74) is 13.8. The minimum absolute atomic E-state index is 0.474. The fraction of sp³-hybridized carbons (Fsp3) is 0.222. The van der Waals surface area contributed by atoms with Crippen LogP contribution in [0, 0.1) is 6.92 Å². The maximum absolute atomic E-state index is 6.71. The van der Waals surface area contributed by atoms with Crippen LogP contribution in [-0.2, 0) is 6.54 Å². The van der Waals surface area contributed by atoms with E-state index in [1.54, 1.807) is 5.01 Å². The van der Waals surface area contributed by atoms with Gasteiger partial charge in [0.2, 0.25) is 0 Å². The van der Waals surface area contributed by atoms with E-state index in [1.807, 2.05) is 73.8 Å². The molecule has 1 aliphatic rings. The van der Waals surface area contributed by atoms with Crippen LogP contribution >= 0.6 is 0 Å². The van der Waals surface area contributed by atoms with E-state index >= 15 is 0 Å². The molecule has 0 unspecified atom stereocenters. The molecule has 0 aliphatic carbocycles. The predicted octanol–water partition coefficient (Wildman–Crippen LogP) is 2.90. The lowest BCUT2D eigenvalue weighted by Crippen LogP contribution is -2.43. The average molecular weight is 467 g/mol. The first kappa shape index (κ1) is 22.8. The third-order valence-electron chi connectivity index (χ3n) is 6.15. The standard InChI is InChI=1S/C27H30N8/c1-19-6-5-9-23(32-19)26(28)27(35(29)18-20-7-3-2-4-8-20)24-11-10-22-25(33-24)16-21(17-31-22)34-14-12-30-13-15-34/h2-11,16-17,30H,12-15,18,28-29H2,1H3/b27-26-. The molecule has 0 saturated carbocycles. The summed E-state index contributed by atoms with van der Waals surface area (Å²) in [6.07, 6.45) is 1.92. The Balaban J connectivity index is 1.59. The van der Waals surface area contributed by atoms with E-state index in [4.69, 9.17) is 16.6 Å². The largest absolute Gasteiger partial charge is 0.395 e. The highest BCUT2D eigenvalue weighted by Gasteiger charge is 2.19. The number of rotatable bonds is 6. The van der Waals surface area contributed by atoms with Gasteiger partial charge < -0.3 is 21.0 Å². The Hall–Kier alpha value is -4.01. The molecular formula is C27H30N8. The number of fused-ring (bicyclic) bond motifs is 1. The van der Waals surface area contributed by atoms with Crippen LogP contribution < -0.4 is 21.8 Å². The molecule has 0 spiro atoms. The molecule has 0 amide bonds. The lowest BCUT2D eigenvalue weighted by molar-refractivity contribution is 0.409. The van der Waals surface area contributed by atoms with E-state index in [0.29, 0.717) is 29.3 Å². The smallest absolute Gasteiger partial charge is 0.103 e.